The van der Waals surface area contributed by atoms with Gasteiger partial charge in [-0.05, 0) is 13.8 Å². The summed E-state index contributed by atoms with van der Waals surface area (Å²) in [4.78, 5) is 33.8. The van der Waals surface area contributed by atoms with E-state index < -0.39 is 22.3 Å². The quantitative estimate of drug-likeness (QED) is 0.609. The van der Waals surface area contributed by atoms with Crippen molar-refractivity contribution in [1.82, 2.24) is 14.7 Å². The summed E-state index contributed by atoms with van der Waals surface area (Å²) in [5.74, 6) is -1.82. The number of aromatic nitrogens is 2. The van der Waals surface area contributed by atoms with Crippen molar-refractivity contribution in [2.75, 3.05) is 7.05 Å². The number of amides is 1. The Balaban J connectivity index is 2.98. The molecule has 0 aromatic carbocycles. The molecule has 19 heavy (non-hydrogen) atoms. The maximum atomic E-state index is 11.8. The summed E-state index contributed by atoms with van der Waals surface area (Å²) < 4.78 is 0.961. The van der Waals surface area contributed by atoms with Crippen LogP contribution in [-0.2, 0) is 11.3 Å². The van der Waals surface area contributed by atoms with Crippen LogP contribution in [0, 0.1) is 10.1 Å². The second-order valence-electron chi connectivity index (χ2n) is 4.22. The number of nitrogens with zero attached hydrogens (tertiary/aromatic N) is 4. The van der Waals surface area contributed by atoms with Crippen LogP contribution in [0.4, 0.5) is 5.69 Å². The Morgan fingerprint density at radius 1 is 1.58 bits per heavy atom. The highest BCUT2D eigenvalue weighted by atomic mass is 16.6. The number of carboxylic acid groups (broad SMARTS) is 1. The molecule has 0 unspecified atom stereocenters. The summed E-state index contributed by atoms with van der Waals surface area (Å²) in [6, 6.07) is -0.0306. The SMILES string of the molecule is CC(C)N(C)C(=O)Cn1cc([N+](=O)[O-])c(C(=O)O)n1. The smallest absolute Gasteiger partial charge is 0.363 e. The highest BCUT2D eigenvalue weighted by Gasteiger charge is 2.26. The maximum absolute atomic E-state index is 11.8. The first-order valence-electron chi connectivity index (χ1n) is 5.44. The first kappa shape index (κ1) is 14.6. The molecule has 104 valence electrons. The van der Waals surface area contributed by atoms with E-state index in [1.165, 1.54) is 4.90 Å². The lowest BCUT2D eigenvalue weighted by Crippen LogP contribution is -2.35. The van der Waals surface area contributed by atoms with Crippen LogP contribution in [0.15, 0.2) is 6.20 Å². The molecule has 9 nitrogen and oxygen atoms in total. The average Bonchev–Trinajstić information content (AvgIpc) is 2.71. The van der Waals surface area contributed by atoms with Gasteiger partial charge in [-0.1, -0.05) is 0 Å². The van der Waals surface area contributed by atoms with Crippen LogP contribution in [-0.4, -0.2) is 49.7 Å². The average molecular weight is 270 g/mol. The first-order valence-corrected chi connectivity index (χ1v) is 5.44. The molecule has 0 atom stereocenters. The van der Waals surface area contributed by atoms with Crippen molar-refractivity contribution in [2.45, 2.75) is 26.4 Å². The van der Waals surface area contributed by atoms with Gasteiger partial charge >= 0.3 is 11.7 Å². The molecule has 0 bridgehead atoms. The van der Waals surface area contributed by atoms with E-state index in [1.54, 1.807) is 7.05 Å². The van der Waals surface area contributed by atoms with Gasteiger partial charge in [-0.15, -0.1) is 0 Å². The molecule has 0 spiro atoms. The predicted octanol–water partition coefficient (Wildman–Crippen LogP) is 0.356. The number of carbonyl (C=O) groups is 2. The minimum Gasteiger partial charge on any atom is -0.476 e. The molecule has 1 N–H and O–H groups in total. The van der Waals surface area contributed by atoms with Gasteiger partial charge in [-0.2, -0.15) is 5.10 Å². The maximum Gasteiger partial charge on any atom is 0.363 e. The number of likely N-dealkylation sites (N-methyl/N-ethyl adjacent to an activating group) is 1. The van der Waals surface area contributed by atoms with E-state index in [9.17, 15) is 19.7 Å². The third kappa shape index (κ3) is 3.27. The minimum absolute atomic E-state index is 0.0306. The van der Waals surface area contributed by atoms with Gasteiger partial charge in [0.2, 0.25) is 11.6 Å². The number of nitro groups is 1. The van der Waals surface area contributed by atoms with Crippen molar-refractivity contribution in [3.63, 3.8) is 0 Å². The molecule has 1 heterocycles. The lowest BCUT2D eigenvalue weighted by Gasteiger charge is -2.21. The molecule has 0 radical (unpaired) electrons. The van der Waals surface area contributed by atoms with Crippen LogP contribution in [0.2, 0.25) is 0 Å². The minimum atomic E-state index is -1.50. The van der Waals surface area contributed by atoms with Crippen molar-refractivity contribution in [2.24, 2.45) is 0 Å². The molecular formula is C10H14N4O5. The fourth-order valence-electron chi connectivity index (χ4n) is 1.32. The molecule has 0 fully saturated rings. The third-order valence-electron chi connectivity index (χ3n) is 2.61. The van der Waals surface area contributed by atoms with Crippen LogP contribution in [0.5, 0.6) is 0 Å². The summed E-state index contributed by atoms with van der Waals surface area (Å²) in [7, 11) is 1.59. The van der Waals surface area contributed by atoms with Gasteiger partial charge in [0.25, 0.3) is 0 Å². The van der Waals surface area contributed by atoms with E-state index in [1.807, 2.05) is 13.8 Å². The third-order valence-corrected chi connectivity index (χ3v) is 2.61. The zero-order valence-electron chi connectivity index (χ0n) is 10.7. The van der Waals surface area contributed by atoms with Crippen molar-refractivity contribution in [1.29, 1.82) is 0 Å². The van der Waals surface area contributed by atoms with Crippen molar-refractivity contribution < 1.29 is 19.6 Å². The fourth-order valence-corrected chi connectivity index (χ4v) is 1.32. The fraction of sp³-hybridized carbons (Fsp3) is 0.500. The zero-order chi connectivity index (χ0) is 14.7. The van der Waals surface area contributed by atoms with Gasteiger partial charge in [-0.3, -0.25) is 19.6 Å². The largest absolute Gasteiger partial charge is 0.476 e. The standard InChI is InChI=1S/C10H14N4O5/c1-6(2)12(3)8(15)5-13-4-7(14(18)19)9(11-13)10(16)17/h4,6H,5H2,1-3H3,(H,16,17). The molecule has 0 saturated heterocycles. The molecule has 9 heteroatoms. The van der Waals surface area contributed by atoms with Crippen LogP contribution in [0.1, 0.15) is 24.3 Å². The topological polar surface area (TPSA) is 119 Å². The lowest BCUT2D eigenvalue weighted by atomic mass is 10.3. The van der Waals surface area contributed by atoms with Crippen LogP contribution < -0.4 is 0 Å². The van der Waals surface area contributed by atoms with Gasteiger partial charge < -0.3 is 10.0 Å². The molecule has 0 aliphatic carbocycles. The number of rotatable bonds is 5. The molecule has 0 saturated carbocycles. The van der Waals surface area contributed by atoms with Gasteiger partial charge in [-0.25, -0.2) is 4.79 Å². The predicted molar refractivity (Wildman–Crippen MR) is 63.7 cm³/mol. The molecule has 1 amide bonds. The van der Waals surface area contributed by atoms with Crippen molar-refractivity contribution in [3.05, 3.63) is 22.0 Å². The zero-order valence-corrected chi connectivity index (χ0v) is 10.7. The van der Waals surface area contributed by atoms with E-state index in [4.69, 9.17) is 5.11 Å². The number of carbonyl (C=O) groups excluding carboxylic acids is 1. The normalized spacial score (nSPS) is 10.5. The van der Waals surface area contributed by atoms with E-state index in [2.05, 4.69) is 5.10 Å². The van der Waals surface area contributed by atoms with Crippen LogP contribution in [0.25, 0.3) is 0 Å². The summed E-state index contributed by atoms with van der Waals surface area (Å²) >= 11 is 0. The number of hydrogen-bond acceptors (Lipinski definition) is 5. The molecule has 0 aliphatic rings. The van der Waals surface area contributed by atoms with E-state index >= 15 is 0 Å². The highest BCUT2D eigenvalue weighted by Crippen LogP contribution is 2.16. The summed E-state index contributed by atoms with van der Waals surface area (Å²) in [6.07, 6.45) is 0.940. The highest BCUT2D eigenvalue weighted by molar-refractivity contribution is 5.90. The van der Waals surface area contributed by atoms with Gasteiger partial charge in [0.05, 0.1) is 4.92 Å². The van der Waals surface area contributed by atoms with Crippen LogP contribution >= 0.6 is 0 Å². The molecule has 1 rings (SSSR count). The Hall–Kier alpha value is -2.45. The molecule has 0 aliphatic heterocycles. The van der Waals surface area contributed by atoms with E-state index in [0.29, 0.717) is 0 Å². The van der Waals surface area contributed by atoms with Gasteiger partial charge in [0.1, 0.15) is 12.7 Å². The Morgan fingerprint density at radius 2 is 2.16 bits per heavy atom. The Bertz CT molecular complexity index is 490. The Labute approximate surface area is 108 Å². The second kappa shape index (κ2) is 5.46. The Morgan fingerprint density at radius 3 is 2.53 bits per heavy atom. The van der Waals surface area contributed by atoms with E-state index in [0.717, 1.165) is 10.9 Å². The first-order chi connectivity index (χ1) is 8.73. The van der Waals surface area contributed by atoms with Crippen LogP contribution in [0.3, 0.4) is 0 Å². The summed E-state index contributed by atoms with van der Waals surface area (Å²) in [5.41, 5.74) is -1.31. The van der Waals surface area contributed by atoms with E-state index in [-0.39, 0.29) is 18.5 Å². The molecule has 1 aromatic rings. The number of aromatic carboxylic acids is 1. The van der Waals surface area contributed by atoms with Crippen molar-refractivity contribution >= 4 is 17.6 Å². The number of carboxylic acids is 1. The lowest BCUT2D eigenvalue weighted by molar-refractivity contribution is -0.385. The second-order valence-corrected chi connectivity index (χ2v) is 4.22. The molecular weight excluding hydrogens is 256 g/mol. The van der Waals surface area contributed by atoms with Gasteiger partial charge in [0, 0.05) is 13.1 Å². The van der Waals surface area contributed by atoms with Crippen molar-refractivity contribution in [3.8, 4) is 0 Å². The summed E-state index contributed by atoms with van der Waals surface area (Å²) in [5, 5.41) is 23.0. The Kier molecular flexibility index (Phi) is 4.20. The number of hydrogen-bond donors (Lipinski definition) is 1. The van der Waals surface area contributed by atoms with Gasteiger partial charge in [0.15, 0.2) is 0 Å². The monoisotopic (exact) mass is 270 g/mol. The summed E-state index contributed by atoms with van der Waals surface area (Å²) in [6.45, 7) is 3.38. The molecule has 1 aromatic heterocycles.